The van der Waals surface area contributed by atoms with Crippen LogP contribution in [-0.2, 0) is 42.9 Å². The highest BCUT2D eigenvalue weighted by Gasteiger charge is 2.51. The molecule has 1 saturated heterocycles. The molecule has 1 aliphatic heterocycles. The Labute approximate surface area is 157 Å². The predicted octanol–water partition coefficient (Wildman–Crippen LogP) is -0.155. The highest BCUT2D eigenvalue weighted by Crippen LogP contribution is 2.27. The smallest absolute Gasteiger partial charge is 0.303 e. The van der Waals surface area contributed by atoms with Gasteiger partial charge in [0.2, 0.25) is 5.91 Å². The summed E-state index contributed by atoms with van der Waals surface area (Å²) in [6, 6.07) is -0.968. The van der Waals surface area contributed by atoms with Crippen LogP contribution < -0.4 is 5.32 Å². The average molecular weight is 387 g/mol. The number of hydrogen-bond donors (Lipinski definition) is 1. The molecule has 0 radical (unpaired) electrons. The summed E-state index contributed by atoms with van der Waals surface area (Å²) >= 11 is 0. The molecule has 0 bridgehead atoms. The Balaban J connectivity index is 3.24. The first-order valence-corrected chi connectivity index (χ1v) is 8.28. The van der Waals surface area contributed by atoms with Gasteiger partial charge in [-0.1, -0.05) is 6.08 Å². The largest absolute Gasteiger partial charge is 0.463 e. The van der Waals surface area contributed by atoms with E-state index in [4.69, 9.17) is 23.7 Å². The average Bonchev–Trinajstić information content (AvgIpc) is 2.54. The Kier molecular flexibility index (Phi) is 8.89. The molecule has 0 aromatic rings. The summed E-state index contributed by atoms with van der Waals surface area (Å²) in [5, 5.41) is 2.59. The molecule has 1 rings (SSSR count). The van der Waals surface area contributed by atoms with Crippen LogP contribution in [0, 0.1) is 0 Å². The van der Waals surface area contributed by atoms with Crippen LogP contribution in [0.5, 0.6) is 0 Å². The van der Waals surface area contributed by atoms with Gasteiger partial charge in [-0.3, -0.25) is 19.2 Å². The number of ether oxygens (including phenoxy) is 5. The van der Waals surface area contributed by atoms with Gasteiger partial charge in [-0.25, -0.2) is 0 Å². The van der Waals surface area contributed by atoms with Crippen molar-refractivity contribution >= 4 is 23.8 Å². The van der Waals surface area contributed by atoms with Gasteiger partial charge in [0.05, 0.1) is 6.61 Å². The monoisotopic (exact) mass is 387 g/mol. The zero-order valence-corrected chi connectivity index (χ0v) is 15.8. The molecule has 10 nitrogen and oxygen atoms in total. The molecule has 5 atom stereocenters. The second-order valence-electron chi connectivity index (χ2n) is 5.84. The number of hydrogen-bond acceptors (Lipinski definition) is 9. The van der Waals surface area contributed by atoms with Gasteiger partial charge in [0.25, 0.3) is 0 Å². The SMILES string of the molecule is C=CCOC1OC(COC(C)=O)C(OC(C)=O)C(OC(C)=O)C1NC(C)=O. The topological polar surface area (TPSA) is 126 Å². The summed E-state index contributed by atoms with van der Waals surface area (Å²) in [5.74, 6) is -2.34. The fraction of sp³-hybridized carbons (Fsp3) is 0.647. The van der Waals surface area contributed by atoms with E-state index < -0.39 is 54.5 Å². The van der Waals surface area contributed by atoms with Gasteiger partial charge in [0.15, 0.2) is 18.5 Å². The second kappa shape index (κ2) is 10.6. The van der Waals surface area contributed by atoms with Gasteiger partial charge < -0.3 is 29.0 Å². The van der Waals surface area contributed by atoms with Crippen molar-refractivity contribution in [2.45, 2.75) is 58.3 Å². The Hall–Kier alpha value is -2.46. The van der Waals surface area contributed by atoms with E-state index in [1.165, 1.54) is 33.8 Å². The van der Waals surface area contributed by atoms with Crippen molar-refractivity contribution < 1.29 is 42.9 Å². The Morgan fingerprint density at radius 1 is 1.00 bits per heavy atom. The molecule has 0 aromatic heterocycles. The first kappa shape index (κ1) is 22.6. The quantitative estimate of drug-likeness (QED) is 0.343. The molecule has 0 saturated carbocycles. The third kappa shape index (κ3) is 7.35. The zero-order chi connectivity index (χ0) is 20.6. The maximum absolute atomic E-state index is 11.6. The highest BCUT2D eigenvalue weighted by molar-refractivity contribution is 5.73. The van der Waals surface area contributed by atoms with Crippen molar-refractivity contribution in [2.75, 3.05) is 13.2 Å². The number of esters is 3. The van der Waals surface area contributed by atoms with E-state index in [2.05, 4.69) is 11.9 Å². The maximum Gasteiger partial charge on any atom is 0.303 e. The molecular formula is C17H25NO9. The Morgan fingerprint density at radius 2 is 1.59 bits per heavy atom. The fourth-order valence-electron chi connectivity index (χ4n) is 2.60. The van der Waals surface area contributed by atoms with Crippen molar-refractivity contribution in [3.8, 4) is 0 Å². The summed E-state index contributed by atoms with van der Waals surface area (Å²) in [6.45, 7) is 8.16. The van der Waals surface area contributed by atoms with Crippen LogP contribution in [0.15, 0.2) is 12.7 Å². The van der Waals surface area contributed by atoms with Crippen molar-refractivity contribution in [2.24, 2.45) is 0 Å². The summed E-state index contributed by atoms with van der Waals surface area (Å²) < 4.78 is 26.8. The minimum Gasteiger partial charge on any atom is -0.463 e. The van der Waals surface area contributed by atoms with E-state index in [1.54, 1.807) is 0 Å². The number of carbonyl (C=O) groups is 4. The lowest BCUT2D eigenvalue weighted by Crippen LogP contribution is -2.66. The lowest BCUT2D eigenvalue weighted by Gasteiger charge is -2.44. The molecule has 27 heavy (non-hydrogen) atoms. The van der Waals surface area contributed by atoms with E-state index in [0.29, 0.717) is 0 Å². The van der Waals surface area contributed by atoms with E-state index in [0.717, 1.165) is 0 Å². The molecule has 1 aliphatic rings. The molecular weight excluding hydrogens is 362 g/mol. The predicted molar refractivity (Wildman–Crippen MR) is 90.2 cm³/mol. The Bertz CT molecular complexity index is 577. The van der Waals surface area contributed by atoms with Gasteiger partial charge in [-0.15, -0.1) is 6.58 Å². The summed E-state index contributed by atoms with van der Waals surface area (Å²) in [6.07, 6.45) is -2.84. The van der Waals surface area contributed by atoms with E-state index in [9.17, 15) is 19.2 Å². The maximum atomic E-state index is 11.6. The van der Waals surface area contributed by atoms with Gasteiger partial charge in [-0.05, 0) is 0 Å². The van der Waals surface area contributed by atoms with Crippen LogP contribution >= 0.6 is 0 Å². The first-order chi connectivity index (χ1) is 12.6. The molecule has 1 fully saturated rings. The molecule has 0 spiro atoms. The van der Waals surface area contributed by atoms with E-state index in [-0.39, 0.29) is 13.2 Å². The summed E-state index contributed by atoms with van der Waals surface area (Å²) in [4.78, 5) is 46.0. The molecule has 10 heteroatoms. The van der Waals surface area contributed by atoms with Crippen LogP contribution in [0.4, 0.5) is 0 Å². The molecule has 152 valence electrons. The number of nitrogens with one attached hydrogen (secondary N) is 1. The van der Waals surface area contributed by atoms with Gasteiger partial charge in [-0.2, -0.15) is 0 Å². The molecule has 1 heterocycles. The van der Waals surface area contributed by atoms with Gasteiger partial charge >= 0.3 is 17.9 Å². The molecule has 0 aliphatic carbocycles. The fourth-order valence-corrected chi connectivity index (χ4v) is 2.60. The van der Waals surface area contributed by atoms with Crippen LogP contribution in [0.25, 0.3) is 0 Å². The minimum absolute atomic E-state index is 0.0755. The standard InChI is InChI=1S/C17H25NO9/c1-6-7-23-17-14(18-9(2)19)16(26-12(5)22)15(25-11(4)21)13(27-17)8-24-10(3)20/h6,13-17H,1,7-8H2,2-5H3,(H,18,19). The third-order valence-corrected chi connectivity index (χ3v) is 3.45. The van der Waals surface area contributed by atoms with Crippen LogP contribution in [0.1, 0.15) is 27.7 Å². The first-order valence-electron chi connectivity index (χ1n) is 8.28. The zero-order valence-electron chi connectivity index (χ0n) is 15.8. The van der Waals surface area contributed by atoms with Crippen LogP contribution in [0.3, 0.4) is 0 Å². The van der Waals surface area contributed by atoms with Crippen molar-refractivity contribution in [1.29, 1.82) is 0 Å². The second-order valence-corrected chi connectivity index (χ2v) is 5.84. The van der Waals surface area contributed by atoms with E-state index in [1.807, 2.05) is 0 Å². The Morgan fingerprint density at radius 3 is 2.07 bits per heavy atom. The summed E-state index contributed by atoms with van der Waals surface area (Å²) in [7, 11) is 0. The number of rotatable bonds is 8. The molecule has 0 aromatic carbocycles. The van der Waals surface area contributed by atoms with Crippen LogP contribution in [-0.4, -0.2) is 67.7 Å². The lowest BCUT2D eigenvalue weighted by atomic mass is 9.96. The summed E-state index contributed by atoms with van der Waals surface area (Å²) in [5.41, 5.74) is 0. The third-order valence-electron chi connectivity index (χ3n) is 3.45. The number of carbonyl (C=O) groups excluding carboxylic acids is 4. The molecule has 1 amide bonds. The van der Waals surface area contributed by atoms with Crippen molar-refractivity contribution in [3.63, 3.8) is 0 Å². The van der Waals surface area contributed by atoms with Gasteiger partial charge in [0, 0.05) is 27.7 Å². The lowest BCUT2D eigenvalue weighted by molar-refractivity contribution is -0.275. The molecule has 5 unspecified atom stereocenters. The minimum atomic E-state index is -1.13. The van der Waals surface area contributed by atoms with Crippen molar-refractivity contribution in [3.05, 3.63) is 12.7 Å². The number of amides is 1. The highest BCUT2D eigenvalue weighted by atomic mass is 16.7. The molecule has 1 N–H and O–H groups in total. The normalized spacial score (nSPS) is 27.2. The van der Waals surface area contributed by atoms with Crippen molar-refractivity contribution in [1.82, 2.24) is 5.32 Å². The van der Waals surface area contributed by atoms with E-state index >= 15 is 0 Å². The van der Waals surface area contributed by atoms with Crippen LogP contribution in [0.2, 0.25) is 0 Å². The van der Waals surface area contributed by atoms with Gasteiger partial charge in [0.1, 0.15) is 18.8 Å².